The highest BCUT2D eigenvalue weighted by atomic mass is 32.2. The molecular formula is C20H23NO5S. The number of carboxylic acids is 1. The molecule has 27 heavy (non-hydrogen) atoms. The molecule has 144 valence electrons. The third-order valence-corrected chi connectivity index (χ3v) is 4.73. The lowest BCUT2D eigenvalue weighted by atomic mass is 10.2. The molecular weight excluding hydrogens is 366 g/mol. The van der Waals surface area contributed by atoms with Crippen molar-refractivity contribution in [1.82, 2.24) is 0 Å². The summed E-state index contributed by atoms with van der Waals surface area (Å²) in [5, 5.41) is 11.3. The number of ether oxygens (including phenoxy) is 2. The quantitative estimate of drug-likeness (QED) is 0.655. The predicted octanol–water partition coefficient (Wildman–Crippen LogP) is 4.30. The molecule has 0 aromatic heterocycles. The Bertz CT molecular complexity index is 822. The van der Waals surface area contributed by atoms with Crippen molar-refractivity contribution in [3.63, 3.8) is 0 Å². The molecule has 0 radical (unpaired) electrons. The van der Waals surface area contributed by atoms with Gasteiger partial charge in [0.1, 0.15) is 5.25 Å². The molecule has 0 fully saturated rings. The molecule has 1 atom stereocenters. The predicted molar refractivity (Wildman–Crippen MR) is 106 cm³/mol. The summed E-state index contributed by atoms with van der Waals surface area (Å²) in [6.45, 7) is 5.39. The van der Waals surface area contributed by atoms with Crippen LogP contribution in [0.2, 0.25) is 0 Å². The summed E-state index contributed by atoms with van der Waals surface area (Å²) in [7, 11) is 1.55. The molecule has 0 spiro atoms. The smallest absolute Gasteiger partial charge is 0.316 e. The SMILES string of the molecule is COc1ccc(NC(=O)c2ccccc2SC(C)C(=O)O)cc1OC(C)C. The van der Waals surface area contributed by atoms with E-state index in [1.807, 2.05) is 13.8 Å². The average Bonchev–Trinajstić information content (AvgIpc) is 2.61. The lowest BCUT2D eigenvalue weighted by Crippen LogP contribution is -2.16. The first-order chi connectivity index (χ1) is 12.8. The Morgan fingerprint density at radius 2 is 1.78 bits per heavy atom. The second kappa shape index (κ2) is 9.32. The molecule has 0 aliphatic heterocycles. The van der Waals surface area contributed by atoms with Gasteiger partial charge in [0.2, 0.25) is 0 Å². The van der Waals surface area contributed by atoms with Crippen molar-refractivity contribution < 1.29 is 24.2 Å². The number of methoxy groups -OCH3 is 1. The number of rotatable bonds is 8. The summed E-state index contributed by atoms with van der Waals surface area (Å²) in [5.41, 5.74) is 0.972. The van der Waals surface area contributed by atoms with E-state index < -0.39 is 11.2 Å². The van der Waals surface area contributed by atoms with Crippen LogP contribution < -0.4 is 14.8 Å². The fraction of sp³-hybridized carbons (Fsp3) is 0.300. The van der Waals surface area contributed by atoms with E-state index in [0.29, 0.717) is 27.6 Å². The Hall–Kier alpha value is -2.67. The molecule has 2 rings (SSSR count). The van der Waals surface area contributed by atoms with Gasteiger partial charge in [-0.3, -0.25) is 9.59 Å². The molecule has 1 unspecified atom stereocenters. The number of carboxylic acid groups (broad SMARTS) is 1. The monoisotopic (exact) mass is 389 g/mol. The lowest BCUT2D eigenvalue weighted by Gasteiger charge is -2.16. The van der Waals surface area contributed by atoms with Crippen molar-refractivity contribution in [3.05, 3.63) is 48.0 Å². The highest BCUT2D eigenvalue weighted by Crippen LogP contribution is 2.32. The van der Waals surface area contributed by atoms with E-state index in [2.05, 4.69) is 5.32 Å². The standard InChI is InChI=1S/C20H23NO5S/c1-12(2)26-17-11-14(9-10-16(17)25-4)21-19(22)15-7-5-6-8-18(15)27-13(3)20(23)24/h5-13H,1-4H3,(H,21,22)(H,23,24). The molecule has 7 heteroatoms. The van der Waals surface area contributed by atoms with Crippen LogP contribution in [0.1, 0.15) is 31.1 Å². The first-order valence-corrected chi connectivity index (χ1v) is 9.34. The third kappa shape index (κ3) is 5.65. The van der Waals surface area contributed by atoms with E-state index in [0.717, 1.165) is 11.8 Å². The van der Waals surface area contributed by atoms with Crippen LogP contribution in [0.15, 0.2) is 47.4 Å². The number of benzene rings is 2. The minimum Gasteiger partial charge on any atom is -0.493 e. The summed E-state index contributed by atoms with van der Waals surface area (Å²) in [6, 6.07) is 12.1. The Morgan fingerprint density at radius 3 is 2.41 bits per heavy atom. The van der Waals surface area contributed by atoms with Gasteiger partial charge in [0.25, 0.3) is 5.91 Å². The van der Waals surface area contributed by atoms with Crippen LogP contribution in [0.4, 0.5) is 5.69 Å². The topological polar surface area (TPSA) is 84.9 Å². The maximum atomic E-state index is 12.7. The molecule has 0 saturated heterocycles. The number of carbonyl (C=O) groups excluding carboxylic acids is 1. The molecule has 0 saturated carbocycles. The van der Waals surface area contributed by atoms with Crippen LogP contribution in [-0.4, -0.2) is 35.4 Å². The Labute approximate surface area is 162 Å². The number of carbonyl (C=O) groups is 2. The van der Waals surface area contributed by atoms with E-state index in [4.69, 9.17) is 14.6 Å². The molecule has 6 nitrogen and oxygen atoms in total. The van der Waals surface area contributed by atoms with Gasteiger partial charge in [0, 0.05) is 16.6 Å². The summed E-state index contributed by atoms with van der Waals surface area (Å²) in [4.78, 5) is 24.5. The highest BCUT2D eigenvalue weighted by Gasteiger charge is 2.18. The van der Waals surface area contributed by atoms with Gasteiger partial charge in [-0.15, -0.1) is 11.8 Å². The number of anilines is 1. The lowest BCUT2D eigenvalue weighted by molar-refractivity contribution is -0.136. The van der Waals surface area contributed by atoms with Crippen LogP contribution in [0.3, 0.4) is 0 Å². The highest BCUT2D eigenvalue weighted by molar-refractivity contribution is 8.00. The Morgan fingerprint density at radius 1 is 1.07 bits per heavy atom. The zero-order valence-corrected chi connectivity index (χ0v) is 16.5. The third-order valence-electron chi connectivity index (χ3n) is 3.57. The van der Waals surface area contributed by atoms with Crippen LogP contribution in [0.25, 0.3) is 0 Å². The minimum absolute atomic E-state index is 0.0421. The second-order valence-electron chi connectivity index (χ2n) is 6.08. The zero-order valence-electron chi connectivity index (χ0n) is 15.7. The number of amides is 1. The van der Waals surface area contributed by atoms with Crippen LogP contribution in [-0.2, 0) is 4.79 Å². The fourth-order valence-electron chi connectivity index (χ4n) is 2.30. The van der Waals surface area contributed by atoms with Crippen molar-refractivity contribution in [2.45, 2.75) is 37.0 Å². The average molecular weight is 389 g/mol. The Kier molecular flexibility index (Phi) is 7.12. The van der Waals surface area contributed by atoms with Gasteiger partial charge in [0.15, 0.2) is 11.5 Å². The van der Waals surface area contributed by atoms with Crippen molar-refractivity contribution >= 4 is 29.3 Å². The largest absolute Gasteiger partial charge is 0.493 e. The number of aliphatic carboxylic acids is 1. The minimum atomic E-state index is -0.930. The summed E-state index contributed by atoms with van der Waals surface area (Å²) >= 11 is 1.13. The van der Waals surface area contributed by atoms with Gasteiger partial charge in [-0.2, -0.15) is 0 Å². The molecule has 0 aliphatic rings. The van der Waals surface area contributed by atoms with Gasteiger partial charge >= 0.3 is 5.97 Å². The summed E-state index contributed by atoms with van der Waals surface area (Å²) in [6.07, 6.45) is -0.0421. The van der Waals surface area contributed by atoms with Crippen molar-refractivity contribution in [1.29, 1.82) is 0 Å². The van der Waals surface area contributed by atoms with E-state index in [9.17, 15) is 9.59 Å². The molecule has 2 aromatic rings. The van der Waals surface area contributed by atoms with Crippen LogP contribution in [0.5, 0.6) is 11.5 Å². The van der Waals surface area contributed by atoms with Gasteiger partial charge in [-0.05, 0) is 45.0 Å². The van der Waals surface area contributed by atoms with Crippen LogP contribution >= 0.6 is 11.8 Å². The van der Waals surface area contributed by atoms with E-state index >= 15 is 0 Å². The van der Waals surface area contributed by atoms with Crippen molar-refractivity contribution in [2.24, 2.45) is 0 Å². The first kappa shape index (κ1) is 20.6. The van der Waals surface area contributed by atoms with E-state index in [-0.39, 0.29) is 12.0 Å². The maximum absolute atomic E-state index is 12.7. The van der Waals surface area contributed by atoms with Crippen LogP contribution in [0, 0.1) is 0 Å². The first-order valence-electron chi connectivity index (χ1n) is 8.46. The number of thioether (sulfide) groups is 1. The molecule has 2 aromatic carbocycles. The number of nitrogens with one attached hydrogen (secondary N) is 1. The van der Waals surface area contributed by atoms with E-state index in [1.165, 1.54) is 0 Å². The number of hydrogen-bond acceptors (Lipinski definition) is 5. The number of hydrogen-bond donors (Lipinski definition) is 2. The Balaban J connectivity index is 2.24. The normalized spacial score (nSPS) is 11.7. The molecule has 0 aliphatic carbocycles. The molecule has 1 amide bonds. The van der Waals surface area contributed by atoms with Crippen molar-refractivity contribution in [3.8, 4) is 11.5 Å². The summed E-state index contributed by atoms with van der Waals surface area (Å²) < 4.78 is 11.0. The van der Waals surface area contributed by atoms with Gasteiger partial charge < -0.3 is 19.9 Å². The van der Waals surface area contributed by atoms with Gasteiger partial charge in [-0.25, -0.2) is 0 Å². The van der Waals surface area contributed by atoms with Gasteiger partial charge in [0.05, 0.1) is 18.8 Å². The van der Waals surface area contributed by atoms with E-state index in [1.54, 1.807) is 56.5 Å². The van der Waals surface area contributed by atoms with Gasteiger partial charge in [-0.1, -0.05) is 12.1 Å². The molecule has 2 N–H and O–H groups in total. The molecule has 0 heterocycles. The molecule has 0 bridgehead atoms. The summed E-state index contributed by atoms with van der Waals surface area (Å²) in [5.74, 6) is -0.141. The zero-order chi connectivity index (χ0) is 20.0. The second-order valence-corrected chi connectivity index (χ2v) is 7.46. The fourth-order valence-corrected chi connectivity index (χ4v) is 3.22. The van der Waals surface area contributed by atoms with Crippen molar-refractivity contribution in [2.75, 3.05) is 12.4 Å². The maximum Gasteiger partial charge on any atom is 0.316 e.